The molecule has 184 valence electrons. The maximum absolute atomic E-state index is 13.0. The minimum atomic E-state index is -4.41. The zero-order valence-corrected chi connectivity index (χ0v) is 20.5. The molecule has 1 saturated heterocycles. The van der Waals surface area contributed by atoms with Crippen LogP contribution < -0.4 is 4.90 Å². The van der Waals surface area contributed by atoms with Crippen LogP contribution >= 0.6 is 15.9 Å². The first-order valence-corrected chi connectivity index (χ1v) is 12.3. The number of hydrogen-bond acceptors (Lipinski definition) is 5. The summed E-state index contributed by atoms with van der Waals surface area (Å²) >= 11 is 3.46. The van der Waals surface area contributed by atoms with Crippen molar-refractivity contribution in [3.63, 3.8) is 0 Å². The minimum Gasteiger partial charge on any atom is -0.451 e. The normalized spacial score (nSPS) is 19.5. The number of piperidine rings is 1. The van der Waals surface area contributed by atoms with E-state index >= 15 is 0 Å². The summed E-state index contributed by atoms with van der Waals surface area (Å²) in [5, 5.41) is 0. The molecule has 10 heteroatoms. The minimum absolute atomic E-state index is 0.269. The first-order valence-electron chi connectivity index (χ1n) is 11.5. The number of ether oxygens (including phenoxy) is 1. The molecule has 0 saturated carbocycles. The van der Waals surface area contributed by atoms with Crippen molar-refractivity contribution in [2.75, 3.05) is 18.0 Å². The van der Waals surface area contributed by atoms with Crippen LogP contribution in [0.3, 0.4) is 0 Å². The predicted octanol–water partition coefficient (Wildman–Crippen LogP) is 6.07. The Morgan fingerprint density at radius 2 is 1.94 bits per heavy atom. The monoisotopic (exact) mass is 556 g/mol. The van der Waals surface area contributed by atoms with Gasteiger partial charge in [-0.1, -0.05) is 28.1 Å². The molecule has 3 aliphatic rings. The Bertz CT molecular complexity index is 1460. The molecule has 2 aromatic heterocycles. The Morgan fingerprint density at radius 3 is 2.67 bits per heavy atom. The lowest BCUT2D eigenvalue weighted by Crippen LogP contribution is -2.46. The highest BCUT2D eigenvalue weighted by atomic mass is 79.9. The molecule has 1 aromatic carbocycles. The van der Waals surface area contributed by atoms with Gasteiger partial charge in [-0.25, -0.2) is 14.8 Å². The fourth-order valence-electron chi connectivity index (χ4n) is 5.12. The Labute approximate surface area is 212 Å². The Balaban J connectivity index is 1.19. The molecule has 3 aromatic rings. The summed E-state index contributed by atoms with van der Waals surface area (Å²) in [6.07, 6.45) is 5.11. The molecule has 0 radical (unpaired) electrons. The van der Waals surface area contributed by atoms with Crippen LogP contribution in [0.4, 0.5) is 19.0 Å². The number of aromatic nitrogens is 3. The molecule has 0 unspecified atom stereocenters. The number of H-pyrrole nitrogens is 1. The number of benzene rings is 1. The van der Waals surface area contributed by atoms with Crippen LogP contribution in [0.25, 0.3) is 22.4 Å². The average molecular weight is 557 g/mol. The zero-order valence-electron chi connectivity index (χ0n) is 18.9. The number of rotatable bonds is 2. The van der Waals surface area contributed by atoms with Gasteiger partial charge in [0.05, 0.1) is 22.2 Å². The van der Waals surface area contributed by atoms with Gasteiger partial charge in [0.1, 0.15) is 17.2 Å². The SMILES string of the molecule is O=C1OC2(CCN(c3ccc(-c4nc5ccc(C(F)(F)F)cc5[nH]4)cn3)CC2)C2=C1C=C(Br)C=CC2. The first-order chi connectivity index (χ1) is 17.2. The molecular formula is C26H20BrF3N4O2. The molecule has 1 fully saturated rings. The van der Waals surface area contributed by atoms with Crippen LogP contribution in [0.2, 0.25) is 0 Å². The quantitative estimate of drug-likeness (QED) is 0.387. The van der Waals surface area contributed by atoms with Crippen LogP contribution in [-0.4, -0.2) is 39.6 Å². The molecular weight excluding hydrogens is 537 g/mol. The zero-order chi connectivity index (χ0) is 25.1. The van der Waals surface area contributed by atoms with E-state index in [0.29, 0.717) is 60.3 Å². The van der Waals surface area contributed by atoms with E-state index < -0.39 is 17.3 Å². The van der Waals surface area contributed by atoms with E-state index in [2.05, 4.69) is 35.8 Å². The molecule has 4 heterocycles. The second kappa shape index (κ2) is 8.33. The number of imidazole rings is 1. The van der Waals surface area contributed by atoms with Gasteiger partial charge >= 0.3 is 12.1 Å². The van der Waals surface area contributed by atoms with Crippen molar-refractivity contribution in [2.24, 2.45) is 0 Å². The van der Waals surface area contributed by atoms with Gasteiger partial charge in [-0.15, -0.1) is 0 Å². The maximum atomic E-state index is 13.0. The number of nitrogens with one attached hydrogen (secondary N) is 1. The number of anilines is 1. The number of halogens is 4. The van der Waals surface area contributed by atoms with Gasteiger partial charge in [0.2, 0.25) is 0 Å². The smallest absolute Gasteiger partial charge is 0.416 e. The summed E-state index contributed by atoms with van der Waals surface area (Å²) in [5.74, 6) is 0.972. The van der Waals surface area contributed by atoms with Crippen molar-refractivity contribution in [2.45, 2.75) is 31.0 Å². The van der Waals surface area contributed by atoms with Crippen molar-refractivity contribution < 1.29 is 22.7 Å². The lowest BCUT2D eigenvalue weighted by atomic mass is 9.81. The largest absolute Gasteiger partial charge is 0.451 e. The van der Waals surface area contributed by atoms with Crippen molar-refractivity contribution in [1.29, 1.82) is 0 Å². The lowest BCUT2D eigenvalue weighted by molar-refractivity contribution is -0.148. The van der Waals surface area contributed by atoms with Crippen molar-refractivity contribution in [1.82, 2.24) is 15.0 Å². The summed E-state index contributed by atoms with van der Waals surface area (Å²) in [7, 11) is 0. The molecule has 2 aliphatic heterocycles. The number of alkyl halides is 3. The third kappa shape index (κ3) is 3.93. The summed E-state index contributed by atoms with van der Waals surface area (Å²) in [4.78, 5) is 26.7. The molecule has 6 rings (SSSR count). The Hall–Kier alpha value is -3.40. The summed E-state index contributed by atoms with van der Waals surface area (Å²) < 4.78 is 45.8. The van der Waals surface area contributed by atoms with Crippen LogP contribution in [0.5, 0.6) is 0 Å². The predicted molar refractivity (Wildman–Crippen MR) is 132 cm³/mol. The summed E-state index contributed by atoms with van der Waals surface area (Å²) in [6, 6.07) is 7.18. The highest BCUT2D eigenvalue weighted by Gasteiger charge is 2.48. The van der Waals surface area contributed by atoms with Crippen LogP contribution in [0.1, 0.15) is 24.8 Å². The molecule has 1 aliphatic carbocycles. The Morgan fingerprint density at radius 1 is 1.14 bits per heavy atom. The third-order valence-electron chi connectivity index (χ3n) is 6.99. The number of aromatic amines is 1. The van der Waals surface area contributed by atoms with E-state index in [4.69, 9.17) is 4.74 Å². The third-order valence-corrected chi connectivity index (χ3v) is 7.48. The van der Waals surface area contributed by atoms with E-state index in [1.54, 1.807) is 6.20 Å². The van der Waals surface area contributed by atoms with Gasteiger partial charge < -0.3 is 14.6 Å². The second-order valence-electron chi connectivity index (χ2n) is 9.12. The maximum Gasteiger partial charge on any atom is 0.416 e. The molecule has 0 bridgehead atoms. The summed E-state index contributed by atoms with van der Waals surface area (Å²) in [5.41, 5.74) is 1.85. The van der Waals surface area contributed by atoms with Gasteiger partial charge in [-0.05, 0) is 48.4 Å². The molecule has 1 N–H and O–H groups in total. The molecule has 6 nitrogen and oxygen atoms in total. The number of carbonyl (C=O) groups is 1. The van der Waals surface area contributed by atoms with Gasteiger partial charge in [0.25, 0.3) is 0 Å². The number of esters is 1. The van der Waals surface area contributed by atoms with Crippen LogP contribution in [0.15, 0.2) is 70.4 Å². The highest BCUT2D eigenvalue weighted by molar-refractivity contribution is 9.11. The van der Waals surface area contributed by atoms with Gasteiger partial charge in [-0.2, -0.15) is 13.2 Å². The number of allylic oxidation sites excluding steroid dienone is 3. The van der Waals surface area contributed by atoms with E-state index in [-0.39, 0.29) is 5.97 Å². The Kier molecular flexibility index (Phi) is 5.33. The number of fused-ring (bicyclic) bond motifs is 2. The van der Waals surface area contributed by atoms with Gasteiger partial charge in [0, 0.05) is 42.2 Å². The molecule has 1 spiro atoms. The second-order valence-corrected chi connectivity index (χ2v) is 10.0. The number of pyridine rings is 1. The van der Waals surface area contributed by atoms with Crippen molar-refractivity contribution >= 4 is 38.8 Å². The number of nitrogens with zero attached hydrogens (tertiary/aromatic N) is 3. The highest BCUT2D eigenvalue weighted by Crippen LogP contribution is 2.45. The number of hydrogen-bond donors (Lipinski definition) is 1. The van der Waals surface area contributed by atoms with Crippen molar-refractivity contribution in [3.8, 4) is 11.4 Å². The lowest BCUT2D eigenvalue weighted by Gasteiger charge is -2.40. The average Bonchev–Trinajstić information content (AvgIpc) is 3.30. The van der Waals surface area contributed by atoms with Crippen LogP contribution in [-0.2, 0) is 15.7 Å². The fraction of sp³-hybridized carbons (Fsp3) is 0.269. The van der Waals surface area contributed by atoms with E-state index in [1.807, 2.05) is 30.4 Å². The van der Waals surface area contributed by atoms with E-state index in [0.717, 1.165) is 28.0 Å². The molecule has 0 amide bonds. The number of carbonyl (C=O) groups excluding carboxylic acids is 1. The fourth-order valence-corrected chi connectivity index (χ4v) is 5.53. The summed E-state index contributed by atoms with van der Waals surface area (Å²) in [6.45, 7) is 1.35. The first kappa shape index (κ1) is 23.0. The van der Waals surface area contributed by atoms with Crippen molar-refractivity contribution in [3.05, 3.63) is 75.9 Å². The van der Waals surface area contributed by atoms with Gasteiger partial charge in [-0.3, -0.25) is 0 Å². The van der Waals surface area contributed by atoms with E-state index in [9.17, 15) is 18.0 Å². The van der Waals surface area contributed by atoms with E-state index in [1.165, 1.54) is 6.07 Å². The van der Waals surface area contributed by atoms with Gasteiger partial charge in [0.15, 0.2) is 0 Å². The molecule has 0 atom stereocenters. The molecule has 36 heavy (non-hydrogen) atoms. The van der Waals surface area contributed by atoms with Crippen LogP contribution in [0, 0.1) is 0 Å². The standard InChI is InChI=1S/C26H20BrF3N4O2/c27-17-2-1-3-19-18(13-17)24(35)36-25(19)8-10-34(11-9-25)22-7-4-15(14-31-22)23-32-20-6-5-16(26(28,29)30)12-21(20)33-23/h1-2,4-7,12-14H,3,8-11H2,(H,32,33). The topological polar surface area (TPSA) is 71.1 Å².